The molecular weight excluding hydrogens is 510 g/mol. The molecule has 174 valence electrons. The Morgan fingerprint density at radius 2 is 2.00 bits per heavy atom. The highest BCUT2D eigenvalue weighted by Gasteiger charge is 2.44. The summed E-state index contributed by atoms with van der Waals surface area (Å²) in [6.45, 7) is 4.46. The van der Waals surface area contributed by atoms with E-state index >= 15 is 0 Å². The van der Waals surface area contributed by atoms with E-state index in [1.165, 1.54) is 20.0 Å². The molecule has 0 bridgehead atoms. The smallest absolute Gasteiger partial charge is 0.414 e. The van der Waals surface area contributed by atoms with Crippen LogP contribution in [0, 0.1) is 5.82 Å². The van der Waals surface area contributed by atoms with Crippen molar-refractivity contribution >= 4 is 37.9 Å². The number of guanidine groups is 1. The van der Waals surface area contributed by atoms with Crippen LogP contribution in [0.15, 0.2) is 26.1 Å². The van der Waals surface area contributed by atoms with E-state index in [9.17, 15) is 26.6 Å². The number of amides is 1. The molecule has 2 rings (SSSR count). The van der Waals surface area contributed by atoms with Gasteiger partial charge in [0, 0.05) is 7.05 Å². The Labute approximate surface area is 185 Å². The van der Waals surface area contributed by atoms with Crippen molar-refractivity contribution in [1.29, 1.82) is 0 Å². The molecule has 0 spiro atoms. The van der Waals surface area contributed by atoms with Crippen LogP contribution in [-0.2, 0) is 20.2 Å². The normalized spacial score (nSPS) is 24.5. The highest BCUT2D eigenvalue weighted by Crippen LogP contribution is 2.34. The number of alkyl halides is 3. The number of aliphatic imine (C=N–C) groups is 1. The fourth-order valence-corrected chi connectivity index (χ4v) is 5.07. The van der Waals surface area contributed by atoms with Gasteiger partial charge in [0.05, 0.1) is 5.75 Å². The van der Waals surface area contributed by atoms with Gasteiger partial charge in [-0.05, 0) is 55.8 Å². The number of hydrogen-bond acceptors (Lipinski definition) is 6. The first-order valence-corrected chi connectivity index (χ1v) is 11.3. The quantitative estimate of drug-likeness (QED) is 0.461. The number of rotatable bonds is 2. The Balaban J connectivity index is 2.61. The maximum Gasteiger partial charge on any atom is 0.414 e. The Bertz CT molecular complexity index is 1020. The highest BCUT2D eigenvalue weighted by molar-refractivity contribution is 9.10. The molecule has 2 atom stereocenters. The summed E-state index contributed by atoms with van der Waals surface area (Å²) < 4.78 is 76.0. The summed E-state index contributed by atoms with van der Waals surface area (Å²) in [6.07, 6.45) is -5.70. The zero-order valence-electron chi connectivity index (χ0n) is 17.4. The third kappa shape index (κ3) is 6.51. The van der Waals surface area contributed by atoms with E-state index in [2.05, 4.69) is 35.6 Å². The van der Waals surface area contributed by atoms with Crippen molar-refractivity contribution < 1.29 is 31.3 Å². The Morgan fingerprint density at radius 1 is 1.39 bits per heavy atom. The van der Waals surface area contributed by atoms with Crippen molar-refractivity contribution in [3.05, 3.63) is 28.2 Å². The molecule has 0 fully saturated rings. The lowest BCUT2D eigenvalue weighted by Gasteiger charge is -2.38. The average molecular weight is 532 g/mol. The first-order valence-electron chi connectivity index (χ1n) is 8.88. The van der Waals surface area contributed by atoms with Gasteiger partial charge < -0.3 is 4.74 Å². The Kier molecular flexibility index (Phi) is 6.96. The minimum absolute atomic E-state index is 0.236. The number of carbonyl (C=O) groups excluding carboxylic acids is 1. The maximum atomic E-state index is 14.6. The van der Waals surface area contributed by atoms with Gasteiger partial charge in [0.25, 0.3) is 0 Å². The number of aromatic nitrogens is 1. The van der Waals surface area contributed by atoms with E-state index in [0.717, 1.165) is 10.4 Å². The topological polar surface area (TPSA) is 96.3 Å². The minimum Gasteiger partial charge on any atom is -0.444 e. The molecule has 0 radical (unpaired) electrons. The molecule has 1 aromatic heterocycles. The summed E-state index contributed by atoms with van der Waals surface area (Å²) in [6, 6.07) is 2.41. The van der Waals surface area contributed by atoms with Crippen LogP contribution in [-0.4, -0.2) is 56.7 Å². The molecule has 31 heavy (non-hydrogen) atoms. The number of ether oxygens (including phenoxy) is 1. The summed E-state index contributed by atoms with van der Waals surface area (Å²) in [5.74, 6) is -1.79. The summed E-state index contributed by atoms with van der Waals surface area (Å²) in [5, 5.41) is 2.27. The number of halogens is 5. The molecule has 1 aliphatic heterocycles. The van der Waals surface area contributed by atoms with Crippen molar-refractivity contribution in [2.45, 2.75) is 45.0 Å². The summed E-state index contributed by atoms with van der Waals surface area (Å²) >= 11 is 3.10. The Hall–Kier alpha value is -1.96. The van der Waals surface area contributed by atoms with E-state index in [0.29, 0.717) is 0 Å². The first-order chi connectivity index (χ1) is 13.9. The molecule has 1 amide bonds. The molecule has 14 heteroatoms. The van der Waals surface area contributed by atoms with Crippen molar-refractivity contribution in [3.8, 4) is 0 Å². The second-order valence-electron chi connectivity index (χ2n) is 7.95. The minimum atomic E-state index is -4.71. The molecule has 1 N–H and O–H groups in total. The number of carbonyl (C=O) groups is 1. The van der Waals surface area contributed by atoms with Crippen LogP contribution in [0.4, 0.5) is 22.4 Å². The molecule has 0 aliphatic carbocycles. The third-order valence-electron chi connectivity index (χ3n) is 3.93. The van der Waals surface area contributed by atoms with E-state index in [1.807, 2.05) is 0 Å². The molecule has 0 aromatic carbocycles. The predicted molar refractivity (Wildman–Crippen MR) is 110 cm³/mol. The maximum absolute atomic E-state index is 14.6. The number of hydrogen-bond donors (Lipinski definition) is 1. The second kappa shape index (κ2) is 8.52. The van der Waals surface area contributed by atoms with E-state index < -0.39 is 51.4 Å². The number of nitrogens with one attached hydrogen (secondary N) is 1. The molecule has 1 aliphatic rings. The Morgan fingerprint density at radius 3 is 2.55 bits per heavy atom. The number of alkyl carbamates (subject to hydrolysis) is 1. The lowest BCUT2D eigenvalue weighted by molar-refractivity contribution is -0.117. The van der Waals surface area contributed by atoms with Crippen LogP contribution in [0.5, 0.6) is 0 Å². The van der Waals surface area contributed by atoms with Gasteiger partial charge in [0.2, 0.25) is 5.96 Å². The van der Waals surface area contributed by atoms with Crippen molar-refractivity contribution in [2.24, 2.45) is 9.36 Å². The summed E-state index contributed by atoms with van der Waals surface area (Å²) in [5.41, 5.74) is -2.86. The van der Waals surface area contributed by atoms with E-state index in [4.69, 9.17) is 4.74 Å². The van der Waals surface area contributed by atoms with Crippen molar-refractivity contribution in [2.75, 3.05) is 19.3 Å². The fraction of sp³-hybridized carbons (Fsp3) is 0.588. The van der Waals surface area contributed by atoms with Crippen LogP contribution in [0.1, 0.15) is 33.4 Å². The van der Waals surface area contributed by atoms with E-state index in [1.54, 1.807) is 20.8 Å². The summed E-state index contributed by atoms with van der Waals surface area (Å²) in [4.78, 5) is 20.5. The molecular formula is C17H22BrF4N5O3S. The van der Waals surface area contributed by atoms with Gasteiger partial charge in [-0.3, -0.25) is 9.62 Å². The van der Waals surface area contributed by atoms with Gasteiger partial charge >= 0.3 is 12.3 Å². The van der Waals surface area contributed by atoms with Crippen LogP contribution in [0.3, 0.4) is 0 Å². The first kappa shape index (κ1) is 25.3. The lowest BCUT2D eigenvalue weighted by atomic mass is 10.00. The number of nitrogens with zero attached hydrogens (tertiary/aromatic N) is 4. The second-order valence-corrected chi connectivity index (χ2v) is 11.1. The lowest BCUT2D eigenvalue weighted by Crippen LogP contribution is -2.54. The van der Waals surface area contributed by atoms with E-state index in [-0.39, 0.29) is 16.3 Å². The fourth-order valence-electron chi connectivity index (χ4n) is 2.66. The largest absolute Gasteiger partial charge is 0.444 e. The SMILES string of the molecule is CN1C(NC(=O)OC(C)(C)C)=N[C@](C)(c2nc(Br)ccc2F)CS1(=O)=NCC(F)(F)F. The third-order valence-corrected chi connectivity index (χ3v) is 6.87. The van der Waals surface area contributed by atoms with Gasteiger partial charge in [-0.2, -0.15) is 13.2 Å². The van der Waals surface area contributed by atoms with Crippen molar-refractivity contribution in [3.63, 3.8) is 0 Å². The molecule has 2 heterocycles. The molecule has 1 aromatic rings. The predicted octanol–water partition coefficient (Wildman–Crippen LogP) is 3.97. The van der Waals surface area contributed by atoms with Gasteiger partial charge in [0.1, 0.15) is 43.7 Å². The molecule has 8 nitrogen and oxygen atoms in total. The van der Waals surface area contributed by atoms with Crippen LogP contribution >= 0.6 is 15.9 Å². The molecule has 0 saturated carbocycles. The van der Waals surface area contributed by atoms with Crippen LogP contribution < -0.4 is 5.32 Å². The highest BCUT2D eigenvalue weighted by atomic mass is 79.9. The van der Waals surface area contributed by atoms with Gasteiger partial charge in [-0.25, -0.2) is 27.7 Å². The zero-order valence-corrected chi connectivity index (χ0v) is 19.8. The standard InChI is InChI=1S/C17H22BrF4N5O3S/c1-15(2,3)30-14(28)25-13-26-16(4,12-10(19)6-7-11(18)24-12)9-31(29,27(13)5)23-8-17(20,21)22/h6-7H,8-9H2,1-5H3,(H,25,26,28)/t16-,31?/m0/s1. The summed E-state index contributed by atoms with van der Waals surface area (Å²) in [7, 11) is -2.64. The molecule has 0 saturated heterocycles. The average Bonchev–Trinajstić information content (AvgIpc) is 2.57. The monoisotopic (exact) mass is 531 g/mol. The van der Waals surface area contributed by atoms with Gasteiger partial charge in [-0.15, -0.1) is 0 Å². The van der Waals surface area contributed by atoms with Gasteiger partial charge in [-0.1, -0.05) is 0 Å². The zero-order chi connectivity index (χ0) is 23.8. The van der Waals surface area contributed by atoms with Crippen LogP contribution in [0.2, 0.25) is 0 Å². The van der Waals surface area contributed by atoms with Gasteiger partial charge in [0.15, 0.2) is 0 Å². The molecule has 1 unspecified atom stereocenters. The van der Waals surface area contributed by atoms with Crippen molar-refractivity contribution in [1.82, 2.24) is 14.6 Å². The van der Waals surface area contributed by atoms with Crippen LogP contribution in [0.25, 0.3) is 0 Å². The number of pyridine rings is 1.